The molecule has 1 atom stereocenters. The Bertz CT molecular complexity index is 664. The van der Waals surface area contributed by atoms with E-state index in [-0.39, 0.29) is 11.9 Å². The number of benzene rings is 2. The van der Waals surface area contributed by atoms with Crippen molar-refractivity contribution in [3.63, 3.8) is 0 Å². The Balaban J connectivity index is 2.34. The molecule has 0 fully saturated rings. The van der Waals surface area contributed by atoms with Crippen LogP contribution in [-0.4, -0.2) is 7.05 Å². The Labute approximate surface area is 126 Å². The Morgan fingerprint density at radius 2 is 1.95 bits per heavy atom. The largest absolute Gasteiger partial charge is 0.367 e. The van der Waals surface area contributed by atoms with Gasteiger partial charge in [0, 0.05) is 17.1 Å². The van der Waals surface area contributed by atoms with E-state index in [0.717, 1.165) is 10.2 Å². The normalized spacial score (nSPS) is 11.8. The molecular weight excluding hydrogens is 319 g/mol. The summed E-state index contributed by atoms with van der Waals surface area (Å²) in [4.78, 5) is 1.98. The molecule has 0 saturated heterocycles. The summed E-state index contributed by atoms with van der Waals surface area (Å²) in [7, 11) is 1.91. The van der Waals surface area contributed by atoms with E-state index in [4.69, 9.17) is 5.26 Å². The summed E-state index contributed by atoms with van der Waals surface area (Å²) >= 11 is 3.46. The van der Waals surface area contributed by atoms with Gasteiger partial charge in [-0.05, 0) is 47.1 Å². The third-order valence-electron chi connectivity index (χ3n) is 3.39. The molecule has 0 heterocycles. The van der Waals surface area contributed by atoms with Gasteiger partial charge in [0.25, 0.3) is 0 Å². The van der Waals surface area contributed by atoms with Gasteiger partial charge in [0.15, 0.2) is 0 Å². The van der Waals surface area contributed by atoms with Crippen molar-refractivity contribution < 1.29 is 4.39 Å². The van der Waals surface area contributed by atoms with E-state index in [1.54, 1.807) is 24.3 Å². The van der Waals surface area contributed by atoms with E-state index in [9.17, 15) is 4.39 Å². The van der Waals surface area contributed by atoms with Gasteiger partial charge in [-0.2, -0.15) is 5.26 Å². The average Bonchev–Trinajstić information content (AvgIpc) is 2.46. The maximum Gasteiger partial charge on any atom is 0.128 e. The standard InChI is InChI=1S/C16H14BrFN2/c1-11(13-5-3-4-6-15(13)18)20(2)16-8-7-12(10-19)9-14(16)17/h3-9,11H,1-2H3. The first kappa shape index (κ1) is 14.5. The molecule has 2 aromatic carbocycles. The van der Waals surface area contributed by atoms with E-state index in [0.29, 0.717) is 11.1 Å². The number of halogens is 2. The fraction of sp³-hybridized carbons (Fsp3) is 0.188. The quantitative estimate of drug-likeness (QED) is 0.817. The van der Waals surface area contributed by atoms with Crippen molar-refractivity contribution in [2.24, 2.45) is 0 Å². The highest BCUT2D eigenvalue weighted by Crippen LogP contribution is 2.32. The molecule has 20 heavy (non-hydrogen) atoms. The van der Waals surface area contributed by atoms with Crippen LogP contribution >= 0.6 is 15.9 Å². The van der Waals surface area contributed by atoms with Crippen molar-refractivity contribution in [1.29, 1.82) is 5.26 Å². The topological polar surface area (TPSA) is 27.0 Å². The van der Waals surface area contributed by atoms with Crippen LogP contribution in [0.5, 0.6) is 0 Å². The van der Waals surface area contributed by atoms with Crippen molar-refractivity contribution in [2.45, 2.75) is 13.0 Å². The fourth-order valence-corrected chi connectivity index (χ4v) is 2.75. The lowest BCUT2D eigenvalue weighted by Gasteiger charge is -2.28. The molecule has 0 amide bonds. The molecule has 2 nitrogen and oxygen atoms in total. The van der Waals surface area contributed by atoms with Gasteiger partial charge in [0.05, 0.1) is 23.4 Å². The second kappa shape index (κ2) is 6.06. The van der Waals surface area contributed by atoms with Crippen LogP contribution < -0.4 is 4.90 Å². The lowest BCUT2D eigenvalue weighted by molar-refractivity contribution is 0.585. The zero-order chi connectivity index (χ0) is 14.7. The van der Waals surface area contributed by atoms with Gasteiger partial charge in [-0.15, -0.1) is 0 Å². The summed E-state index contributed by atoms with van der Waals surface area (Å²) in [6.45, 7) is 1.95. The van der Waals surface area contributed by atoms with Crippen LogP contribution in [0.2, 0.25) is 0 Å². The molecule has 0 aliphatic heterocycles. The first-order valence-electron chi connectivity index (χ1n) is 6.21. The van der Waals surface area contributed by atoms with Gasteiger partial charge >= 0.3 is 0 Å². The Hall–Kier alpha value is -1.86. The fourth-order valence-electron chi connectivity index (χ4n) is 2.09. The molecule has 2 rings (SSSR count). The summed E-state index contributed by atoms with van der Waals surface area (Å²) in [5, 5.41) is 8.88. The summed E-state index contributed by atoms with van der Waals surface area (Å²) in [5.74, 6) is -0.211. The van der Waals surface area contributed by atoms with Gasteiger partial charge in [-0.1, -0.05) is 18.2 Å². The highest BCUT2D eigenvalue weighted by atomic mass is 79.9. The monoisotopic (exact) mass is 332 g/mol. The Kier molecular flexibility index (Phi) is 4.41. The molecule has 0 radical (unpaired) electrons. The zero-order valence-electron chi connectivity index (χ0n) is 11.3. The highest BCUT2D eigenvalue weighted by Gasteiger charge is 2.17. The average molecular weight is 333 g/mol. The van der Waals surface area contributed by atoms with Gasteiger partial charge < -0.3 is 4.90 Å². The smallest absolute Gasteiger partial charge is 0.128 e. The van der Waals surface area contributed by atoms with Crippen molar-refractivity contribution in [2.75, 3.05) is 11.9 Å². The molecule has 0 saturated carbocycles. The molecule has 0 aliphatic carbocycles. The lowest BCUT2D eigenvalue weighted by Crippen LogP contribution is -2.22. The minimum atomic E-state index is -0.211. The SMILES string of the molecule is CC(c1ccccc1F)N(C)c1ccc(C#N)cc1Br. The highest BCUT2D eigenvalue weighted by molar-refractivity contribution is 9.10. The van der Waals surface area contributed by atoms with Crippen molar-refractivity contribution >= 4 is 21.6 Å². The first-order valence-corrected chi connectivity index (χ1v) is 7.00. The van der Waals surface area contributed by atoms with Crippen LogP contribution in [0.1, 0.15) is 24.1 Å². The third-order valence-corrected chi connectivity index (χ3v) is 4.03. The van der Waals surface area contributed by atoms with E-state index in [2.05, 4.69) is 22.0 Å². The minimum absolute atomic E-state index is 0.111. The van der Waals surface area contributed by atoms with Gasteiger partial charge in [-0.25, -0.2) is 4.39 Å². The first-order chi connectivity index (χ1) is 9.54. The molecule has 0 N–H and O–H groups in total. The maximum atomic E-state index is 13.9. The predicted molar refractivity (Wildman–Crippen MR) is 82.1 cm³/mol. The van der Waals surface area contributed by atoms with Gasteiger partial charge in [-0.3, -0.25) is 0 Å². The summed E-state index contributed by atoms with van der Waals surface area (Å²) in [6, 6.07) is 14.1. The van der Waals surface area contributed by atoms with E-state index in [1.165, 1.54) is 6.07 Å². The van der Waals surface area contributed by atoms with Crippen LogP contribution in [0.4, 0.5) is 10.1 Å². The second-order valence-electron chi connectivity index (χ2n) is 4.59. The van der Waals surface area contributed by atoms with Gasteiger partial charge in [0.1, 0.15) is 5.82 Å². The summed E-state index contributed by atoms with van der Waals surface area (Å²) in [6.07, 6.45) is 0. The van der Waals surface area contributed by atoms with E-state index in [1.807, 2.05) is 31.0 Å². The van der Waals surface area contributed by atoms with Crippen molar-refractivity contribution in [1.82, 2.24) is 0 Å². The molecule has 4 heteroatoms. The van der Waals surface area contributed by atoms with Crippen LogP contribution in [0.15, 0.2) is 46.9 Å². The van der Waals surface area contributed by atoms with Crippen LogP contribution in [0, 0.1) is 17.1 Å². The van der Waals surface area contributed by atoms with E-state index < -0.39 is 0 Å². The molecule has 0 aliphatic rings. The molecule has 0 bridgehead atoms. The maximum absolute atomic E-state index is 13.9. The third kappa shape index (κ3) is 2.83. The Morgan fingerprint density at radius 3 is 2.55 bits per heavy atom. The van der Waals surface area contributed by atoms with Crippen LogP contribution in [0.3, 0.4) is 0 Å². The van der Waals surface area contributed by atoms with E-state index >= 15 is 0 Å². The van der Waals surface area contributed by atoms with Crippen molar-refractivity contribution in [3.05, 3.63) is 63.9 Å². The lowest BCUT2D eigenvalue weighted by atomic mass is 10.1. The number of nitrogens with zero attached hydrogens (tertiary/aromatic N) is 2. The molecular formula is C16H14BrFN2. The summed E-state index contributed by atoms with van der Waals surface area (Å²) < 4.78 is 14.7. The van der Waals surface area contributed by atoms with Crippen LogP contribution in [-0.2, 0) is 0 Å². The van der Waals surface area contributed by atoms with Crippen LogP contribution in [0.25, 0.3) is 0 Å². The number of hydrogen-bond donors (Lipinski definition) is 0. The number of nitriles is 1. The summed E-state index contributed by atoms with van der Waals surface area (Å²) in [5.41, 5.74) is 2.15. The van der Waals surface area contributed by atoms with Crippen molar-refractivity contribution in [3.8, 4) is 6.07 Å². The number of rotatable bonds is 3. The molecule has 2 aromatic rings. The molecule has 102 valence electrons. The molecule has 1 unspecified atom stereocenters. The Morgan fingerprint density at radius 1 is 1.25 bits per heavy atom. The number of hydrogen-bond acceptors (Lipinski definition) is 2. The zero-order valence-corrected chi connectivity index (χ0v) is 12.9. The van der Waals surface area contributed by atoms with Gasteiger partial charge in [0.2, 0.25) is 0 Å². The predicted octanol–water partition coefficient (Wildman–Crippen LogP) is 4.66. The second-order valence-corrected chi connectivity index (χ2v) is 5.44. The molecule has 0 aromatic heterocycles. The minimum Gasteiger partial charge on any atom is -0.367 e. The molecule has 0 spiro atoms. The number of anilines is 1.